The summed E-state index contributed by atoms with van der Waals surface area (Å²) in [6.07, 6.45) is 0.469. The molecule has 21 heavy (non-hydrogen) atoms. The van der Waals surface area contributed by atoms with Crippen molar-refractivity contribution in [2.45, 2.75) is 12.8 Å². The quantitative estimate of drug-likeness (QED) is 0.796. The Hall–Kier alpha value is -1.33. The summed E-state index contributed by atoms with van der Waals surface area (Å²) in [6, 6.07) is 8.88. The molecular formula is C16H15BrF3N. The number of hydrogen-bond donors (Lipinski definition) is 1. The highest BCUT2D eigenvalue weighted by Crippen LogP contribution is 2.25. The molecule has 2 aromatic rings. The summed E-state index contributed by atoms with van der Waals surface area (Å²) in [7, 11) is 0. The van der Waals surface area contributed by atoms with Crippen molar-refractivity contribution in [3.8, 4) is 0 Å². The number of benzene rings is 2. The van der Waals surface area contributed by atoms with E-state index in [0.29, 0.717) is 12.0 Å². The zero-order chi connectivity index (χ0) is 15.4. The van der Waals surface area contributed by atoms with Crippen LogP contribution >= 0.6 is 15.9 Å². The van der Waals surface area contributed by atoms with Gasteiger partial charge in [-0.05, 0) is 65.0 Å². The lowest BCUT2D eigenvalue weighted by Gasteiger charge is -2.16. The van der Waals surface area contributed by atoms with E-state index in [4.69, 9.17) is 5.73 Å². The second-order valence-corrected chi connectivity index (χ2v) is 5.78. The molecule has 0 saturated heterocycles. The van der Waals surface area contributed by atoms with Crippen LogP contribution in [0.1, 0.15) is 11.1 Å². The van der Waals surface area contributed by atoms with Gasteiger partial charge in [-0.3, -0.25) is 0 Å². The molecule has 0 fully saturated rings. The van der Waals surface area contributed by atoms with Crippen LogP contribution in [-0.4, -0.2) is 6.54 Å². The minimum atomic E-state index is -0.623. The summed E-state index contributed by atoms with van der Waals surface area (Å²) in [5, 5.41) is 0. The molecule has 0 spiro atoms. The van der Waals surface area contributed by atoms with E-state index in [1.165, 1.54) is 18.2 Å². The van der Waals surface area contributed by atoms with Crippen molar-refractivity contribution in [1.29, 1.82) is 0 Å². The predicted molar refractivity (Wildman–Crippen MR) is 80.4 cm³/mol. The average molecular weight is 358 g/mol. The molecule has 2 N–H and O–H groups in total. The van der Waals surface area contributed by atoms with Gasteiger partial charge in [0.15, 0.2) is 0 Å². The Bertz CT molecular complexity index is 631. The highest BCUT2D eigenvalue weighted by Gasteiger charge is 2.18. The van der Waals surface area contributed by atoms with E-state index in [0.717, 1.165) is 0 Å². The largest absolute Gasteiger partial charge is 0.330 e. The summed E-state index contributed by atoms with van der Waals surface area (Å²) in [4.78, 5) is 0. The van der Waals surface area contributed by atoms with Crippen molar-refractivity contribution in [3.63, 3.8) is 0 Å². The molecule has 0 aliphatic heterocycles. The Morgan fingerprint density at radius 2 is 1.67 bits per heavy atom. The van der Waals surface area contributed by atoms with E-state index in [1.54, 1.807) is 18.2 Å². The molecular weight excluding hydrogens is 343 g/mol. The van der Waals surface area contributed by atoms with Crippen LogP contribution in [0.25, 0.3) is 0 Å². The van der Waals surface area contributed by atoms with Gasteiger partial charge >= 0.3 is 0 Å². The van der Waals surface area contributed by atoms with Gasteiger partial charge in [0.05, 0.1) is 4.47 Å². The third-order valence-electron chi connectivity index (χ3n) is 3.43. The standard InChI is InChI=1S/C16H15BrF3N/c17-13-5-6-15(19)12(16(13)20)8-10(9-21)7-11-3-1-2-4-14(11)18/h1-6,10H,7-9,21H2. The van der Waals surface area contributed by atoms with Crippen LogP contribution in [0.15, 0.2) is 40.9 Å². The first-order valence-electron chi connectivity index (χ1n) is 6.58. The predicted octanol–water partition coefficient (Wildman–Crippen LogP) is 4.23. The summed E-state index contributed by atoms with van der Waals surface area (Å²) >= 11 is 3.04. The summed E-state index contributed by atoms with van der Waals surface area (Å²) in [5.41, 5.74) is 6.16. The number of rotatable bonds is 5. The Labute approximate surface area is 130 Å². The fourth-order valence-corrected chi connectivity index (χ4v) is 2.63. The van der Waals surface area contributed by atoms with E-state index >= 15 is 0 Å². The molecule has 1 unspecified atom stereocenters. The lowest BCUT2D eigenvalue weighted by molar-refractivity contribution is 0.475. The molecule has 0 bridgehead atoms. The molecule has 0 aliphatic carbocycles. The number of nitrogens with two attached hydrogens (primary N) is 1. The van der Waals surface area contributed by atoms with Crippen molar-refractivity contribution in [3.05, 3.63) is 69.4 Å². The zero-order valence-electron chi connectivity index (χ0n) is 11.3. The molecule has 1 atom stereocenters. The number of halogens is 4. The average Bonchev–Trinajstić information content (AvgIpc) is 2.48. The van der Waals surface area contributed by atoms with Gasteiger partial charge in [0.25, 0.3) is 0 Å². The van der Waals surface area contributed by atoms with Crippen LogP contribution in [0.5, 0.6) is 0 Å². The SMILES string of the molecule is NCC(Cc1ccccc1F)Cc1c(F)ccc(Br)c1F. The van der Waals surface area contributed by atoms with Crippen molar-refractivity contribution in [2.75, 3.05) is 6.54 Å². The van der Waals surface area contributed by atoms with Gasteiger partial charge in [-0.2, -0.15) is 0 Å². The molecule has 5 heteroatoms. The van der Waals surface area contributed by atoms with Gasteiger partial charge in [0, 0.05) is 5.56 Å². The Kier molecular flexibility index (Phi) is 5.42. The maximum atomic E-state index is 14.0. The molecule has 0 aromatic heterocycles. The van der Waals surface area contributed by atoms with Gasteiger partial charge in [-0.25, -0.2) is 13.2 Å². The highest BCUT2D eigenvalue weighted by molar-refractivity contribution is 9.10. The normalized spacial score (nSPS) is 12.4. The molecule has 1 nitrogen and oxygen atoms in total. The van der Waals surface area contributed by atoms with E-state index in [9.17, 15) is 13.2 Å². The second kappa shape index (κ2) is 7.09. The van der Waals surface area contributed by atoms with Gasteiger partial charge in [0.1, 0.15) is 17.5 Å². The third-order valence-corrected chi connectivity index (χ3v) is 4.04. The molecule has 0 radical (unpaired) electrons. The van der Waals surface area contributed by atoms with Gasteiger partial charge < -0.3 is 5.73 Å². The first-order valence-corrected chi connectivity index (χ1v) is 7.38. The lowest BCUT2D eigenvalue weighted by atomic mass is 9.92. The highest BCUT2D eigenvalue weighted by atomic mass is 79.9. The fraction of sp³-hybridized carbons (Fsp3) is 0.250. The van der Waals surface area contributed by atoms with Crippen LogP contribution in [-0.2, 0) is 12.8 Å². The van der Waals surface area contributed by atoms with E-state index in [2.05, 4.69) is 15.9 Å². The fourth-order valence-electron chi connectivity index (χ4n) is 2.26. The van der Waals surface area contributed by atoms with Gasteiger partial charge in [0.2, 0.25) is 0 Å². The minimum Gasteiger partial charge on any atom is -0.330 e. The monoisotopic (exact) mass is 357 g/mol. The molecule has 112 valence electrons. The second-order valence-electron chi connectivity index (χ2n) is 4.92. The van der Waals surface area contributed by atoms with Crippen molar-refractivity contribution < 1.29 is 13.2 Å². The smallest absolute Gasteiger partial charge is 0.143 e. The molecule has 0 saturated carbocycles. The first kappa shape index (κ1) is 16.0. The van der Waals surface area contributed by atoms with Crippen molar-refractivity contribution >= 4 is 15.9 Å². The third kappa shape index (κ3) is 3.86. The van der Waals surface area contributed by atoms with E-state index < -0.39 is 11.6 Å². The maximum absolute atomic E-state index is 14.0. The molecule has 0 heterocycles. The molecule has 2 rings (SSSR count). The van der Waals surface area contributed by atoms with Crippen LogP contribution in [0.2, 0.25) is 0 Å². The maximum Gasteiger partial charge on any atom is 0.143 e. The topological polar surface area (TPSA) is 26.0 Å². The first-order chi connectivity index (χ1) is 10.0. The molecule has 2 aromatic carbocycles. The van der Waals surface area contributed by atoms with Gasteiger partial charge in [-0.15, -0.1) is 0 Å². The summed E-state index contributed by atoms with van der Waals surface area (Å²) in [6.45, 7) is 0.222. The Morgan fingerprint density at radius 1 is 0.952 bits per heavy atom. The molecule has 0 aliphatic rings. The summed E-state index contributed by atoms with van der Waals surface area (Å²) < 4.78 is 41.6. The Balaban J connectivity index is 2.21. The Morgan fingerprint density at radius 3 is 2.33 bits per heavy atom. The van der Waals surface area contributed by atoms with Crippen LogP contribution < -0.4 is 5.73 Å². The summed E-state index contributed by atoms with van der Waals surface area (Å²) in [5.74, 6) is -1.80. The van der Waals surface area contributed by atoms with Crippen LogP contribution in [0.4, 0.5) is 13.2 Å². The van der Waals surface area contributed by atoms with Gasteiger partial charge in [-0.1, -0.05) is 18.2 Å². The van der Waals surface area contributed by atoms with Crippen molar-refractivity contribution in [1.82, 2.24) is 0 Å². The number of hydrogen-bond acceptors (Lipinski definition) is 1. The van der Waals surface area contributed by atoms with E-state index in [1.807, 2.05) is 0 Å². The van der Waals surface area contributed by atoms with Crippen LogP contribution in [0, 0.1) is 23.4 Å². The lowest BCUT2D eigenvalue weighted by Crippen LogP contribution is -2.21. The van der Waals surface area contributed by atoms with E-state index in [-0.39, 0.29) is 34.7 Å². The van der Waals surface area contributed by atoms with Crippen LogP contribution in [0.3, 0.4) is 0 Å². The minimum absolute atomic E-state index is 0.0174. The molecule has 0 amide bonds. The zero-order valence-corrected chi connectivity index (χ0v) is 12.8. The van der Waals surface area contributed by atoms with Crippen molar-refractivity contribution in [2.24, 2.45) is 11.7 Å².